The smallest absolute Gasteiger partial charge is 0.475 e. The molecule has 0 heterocycles. The Labute approximate surface area is 71.0 Å². The molecule has 0 aromatic carbocycles. The van der Waals surface area contributed by atoms with Gasteiger partial charge in [-0.1, -0.05) is 7.43 Å². The third-order valence-corrected chi connectivity index (χ3v) is 1.82. The normalized spacial score (nSPS) is 11.7. The zero-order valence-electron chi connectivity index (χ0n) is 5.85. The molecule has 2 atom stereocenters. The first kappa shape index (κ1) is 17.3. The zero-order valence-corrected chi connectivity index (χ0v) is 6.75. The maximum absolute atomic E-state index is 10.3. The van der Waals surface area contributed by atoms with Crippen LogP contribution >= 0.6 is 8.03 Å². The van der Waals surface area contributed by atoms with Crippen molar-refractivity contribution in [3.05, 3.63) is 0 Å². The molecule has 72 valence electrons. The quantitative estimate of drug-likeness (QED) is 0.449. The number of carboxylic acid groups (broad SMARTS) is 1. The topological polar surface area (TPSA) is 127 Å². The second-order valence-corrected chi connectivity index (χ2v) is 3.03. The van der Waals surface area contributed by atoms with Gasteiger partial charge in [0.1, 0.15) is 0 Å². The molecule has 0 spiro atoms. The third-order valence-electron chi connectivity index (χ3n) is 0.922. The molecule has 0 aliphatic rings. The minimum atomic E-state index is -2.71. The largest absolute Gasteiger partial charge is 0.517 e. The average Bonchev–Trinajstić information content (AvgIpc) is 1.84. The Bertz CT molecular complexity index is 192. The van der Waals surface area contributed by atoms with Crippen LogP contribution in [0.5, 0.6) is 0 Å². The van der Waals surface area contributed by atoms with Gasteiger partial charge in [0.25, 0.3) is 11.4 Å². The lowest BCUT2D eigenvalue weighted by atomic mass is 10.3. The number of carbonyl (C=O) groups excluding carboxylic acids is 1. The highest BCUT2D eigenvalue weighted by molar-refractivity contribution is 7.40. The van der Waals surface area contributed by atoms with Crippen molar-refractivity contribution in [2.45, 2.75) is 20.0 Å². The predicted molar refractivity (Wildman–Crippen MR) is 43.7 cm³/mol. The standard InChI is InChI=1S/C4H5O5P.CH4.H3N/c1-2(10(8)9)3(5)4(6)7;;/h2H,1H3,(H-,6,7,8,9);1H4;1H3/p+1. The molecule has 0 bridgehead atoms. The Kier molecular flexibility index (Phi) is 9.87. The van der Waals surface area contributed by atoms with Gasteiger partial charge in [-0.25, -0.2) is 4.79 Å². The van der Waals surface area contributed by atoms with Crippen LogP contribution in [0.25, 0.3) is 0 Å². The van der Waals surface area contributed by atoms with Crippen molar-refractivity contribution in [1.29, 1.82) is 0 Å². The Balaban J connectivity index is -0.000000405. The van der Waals surface area contributed by atoms with Crippen LogP contribution in [0.2, 0.25) is 0 Å². The van der Waals surface area contributed by atoms with Gasteiger partial charge in [-0.3, -0.25) is 4.79 Å². The van der Waals surface area contributed by atoms with E-state index < -0.39 is 25.4 Å². The van der Waals surface area contributed by atoms with E-state index in [1.54, 1.807) is 0 Å². The van der Waals surface area contributed by atoms with Gasteiger partial charge in [-0.05, 0) is 11.5 Å². The Morgan fingerprint density at radius 1 is 1.42 bits per heavy atom. The summed E-state index contributed by atoms with van der Waals surface area (Å²) in [7, 11) is -2.71. The molecule has 5 N–H and O–H groups in total. The summed E-state index contributed by atoms with van der Waals surface area (Å²) < 4.78 is 10.1. The van der Waals surface area contributed by atoms with E-state index in [2.05, 4.69) is 0 Å². The fourth-order valence-corrected chi connectivity index (χ4v) is 0.590. The lowest BCUT2D eigenvalue weighted by Crippen LogP contribution is -2.22. The first-order valence-corrected chi connectivity index (χ1v) is 3.67. The second-order valence-electron chi connectivity index (χ2n) is 1.65. The van der Waals surface area contributed by atoms with E-state index in [0.717, 1.165) is 6.92 Å². The van der Waals surface area contributed by atoms with Crippen molar-refractivity contribution in [2.75, 3.05) is 0 Å². The van der Waals surface area contributed by atoms with Gasteiger partial charge < -0.3 is 11.3 Å². The van der Waals surface area contributed by atoms with Gasteiger partial charge in [0, 0.05) is 0 Å². The molecule has 0 saturated heterocycles. The van der Waals surface area contributed by atoms with Crippen LogP contribution < -0.4 is 6.15 Å². The predicted octanol–water partition coefficient (Wildman–Crippen LogP) is 0.561. The van der Waals surface area contributed by atoms with Gasteiger partial charge in [0.2, 0.25) is 0 Å². The highest BCUT2D eigenvalue weighted by atomic mass is 31.1. The summed E-state index contributed by atoms with van der Waals surface area (Å²) >= 11 is 0. The molecule has 12 heavy (non-hydrogen) atoms. The summed E-state index contributed by atoms with van der Waals surface area (Å²) in [6.07, 6.45) is 0. The summed E-state index contributed by atoms with van der Waals surface area (Å²) in [6, 6.07) is 0. The SMILES string of the molecule is C.CC(C(=O)C(=O)O)[P+](=O)O.N. The van der Waals surface area contributed by atoms with Gasteiger partial charge in [0.05, 0.1) is 0 Å². The number of hydrogen-bond donors (Lipinski definition) is 3. The van der Waals surface area contributed by atoms with Crippen molar-refractivity contribution in [3.8, 4) is 0 Å². The van der Waals surface area contributed by atoms with E-state index in [-0.39, 0.29) is 13.6 Å². The molecule has 0 radical (unpaired) electrons. The van der Waals surface area contributed by atoms with Crippen LogP contribution in [0.15, 0.2) is 0 Å². The number of ketones is 1. The van der Waals surface area contributed by atoms with Crippen LogP contribution in [0.1, 0.15) is 14.4 Å². The Morgan fingerprint density at radius 2 is 1.75 bits per heavy atom. The summed E-state index contributed by atoms with van der Waals surface area (Å²) in [5, 5.41) is 8.01. The first-order chi connectivity index (χ1) is 4.46. The van der Waals surface area contributed by atoms with Crippen LogP contribution in [0.3, 0.4) is 0 Å². The minimum Gasteiger partial charge on any atom is -0.475 e. The van der Waals surface area contributed by atoms with Gasteiger partial charge >= 0.3 is 14.0 Å². The van der Waals surface area contributed by atoms with Gasteiger partial charge in [-0.15, -0.1) is 0 Å². The van der Waals surface area contributed by atoms with E-state index in [4.69, 9.17) is 10.00 Å². The summed E-state index contributed by atoms with van der Waals surface area (Å²) in [6.45, 7) is 1.09. The van der Waals surface area contributed by atoms with E-state index in [1.165, 1.54) is 0 Å². The summed E-state index contributed by atoms with van der Waals surface area (Å²) in [4.78, 5) is 28.5. The van der Waals surface area contributed by atoms with E-state index in [0.29, 0.717) is 0 Å². The zero-order chi connectivity index (χ0) is 8.31. The third kappa shape index (κ3) is 4.90. The van der Waals surface area contributed by atoms with Crippen LogP contribution in [0.4, 0.5) is 0 Å². The molecule has 0 aliphatic heterocycles. The molecule has 0 amide bonds. The molecule has 0 rings (SSSR count). The number of carboxylic acids is 1. The fourth-order valence-electron chi connectivity index (χ4n) is 0.279. The number of Topliss-reactive ketones (excluding diaryl/α,β-unsaturated/α-hetero) is 1. The molecule has 0 aromatic heterocycles. The van der Waals surface area contributed by atoms with Crippen LogP contribution in [-0.4, -0.2) is 27.4 Å². The second kappa shape index (κ2) is 6.84. The molecule has 6 nitrogen and oxygen atoms in total. The van der Waals surface area contributed by atoms with Crippen molar-refractivity contribution in [1.82, 2.24) is 6.15 Å². The number of carbonyl (C=O) groups is 2. The first-order valence-electron chi connectivity index (χ1n) is 2.39. The number of rotatable bonds is 3. The van der Waals surface area contributed by atoms with Crippen LogP contribution in [-0.2, 0) is 14.2 Å². The summed E-state index contributed by atoms with van der Waals surface area (Å²) in [5.41, 5.74) is -1.31. The highest BCUT2D eigenvalue weighted by Crippen LogP contribution is 2.21. The fraction of sp³-hybridized carbons (Fsp3) is 0.600. The maximum atomic E-state index is 10.3. The molecule has 2 unspecified atom stereocenters. The van der Waals surface area contributed by atoms with Crippen molar-refractivity contribution in [2.24, 2.45) is 0 Å². The highest BCUT2D eigenvalue weighted by Gasteiger charge is 2.35. The van der Waals surface area contributed by atoms with E-state index >= 15 is 0 Å². The van der Waals surface area contributed by atoms with Gasteiger partial charge in [0.15, 0.2) is 0 Å². The van der Waals surface area contributed by atoms with E-state index in [9.17, 15) is 14.2 Å². The van der Waals surface area contributed by atoms with E-state index in [1.807, 2.05) is 0 Å². The number of aliphatic carboxylic acids is 1. The molecular weight excluding hydrogens is 185 g/mol. The Hall–Kier alpha value is -0.840. The molecule has 0 aromatic rings. The van der Waals surface area contributed by atoms with Crippen molar-refractivity contribution < 1.29 is 24.2 Å². The molecule has 0 saturated carbocycles. The molecule has 0 fully saturated rings. The molecule has 0 aliphatic carbocycles. The number of hydrogen-bond acceptors (Lipinski definition) is 4. The van der Waals surface area contributed by atoms with Crippen molar-refractivity contribution in [3.63, 3.8) is 0 Å². The summed E-state index contributed by atoms with van der Waals surface area (Å²) in [5.74, 6) is -2.91. The van der Waals surface area contributed by atoms with Crippen LogP contribution in [0, 0.1) is 0 Å². The minimum absolute atomic E-state index is 0. The van der Waals surface area contributed by atoms with Crippen molar-refractivity contribution >= 4 is 19.8 Å². The lowest BCUT2D eigenvalue weighted by Gasteiger charge is -1.88. The lowest BCUT2D eigenvalue weighted by molar-refractivity contribution is -0.148. The Morgan fingerprint density at radius 3 is 1.83 bits per heavy atom. The monoisotopic (exact) mass is 198 g/mol. The molecule has 7 heteroatoms. The molecular formula is C5H13NO5P+. The maximum Gasteiger partial charge on any atom is 0.517 e. The average molecular weight is 198 g/mol. The van der Waals surface area contributed by atoms with Gasteiger partial charge in [-0.2, -0.15) is 4.89 Å².